The molecule has 0 N–H and O–H groups in total. The third-order valence-electron chi connectivity index (χ3n) is 4.67. The van der Waals surface area contributed by atoms with Gasteiger partial charge in [-0.2, -0.15) is 0 Å². The number of ketones is 1. The second-order valence-electron chi connectivity index (χ2n) is 6.47. The Hall–Kier alpha value is -2.66. The molecule has 1 fully saturated rings. The molecular weight excluding hydrogens is 364 g/mol. The number of benzene rings is 2. The zero-order chi connectivity index (χ0) is 19.2. The maximum Gasteiger partial charge on any atom is 0.253 e. The van der Waals surface area contributed by atoms with Crippen LogP contribution in [-0.2, 0) is 4.79 Å². The Balaban J connectivity index is 1.47. The second-order valence-corrected chi connectivity index (χ2v) is 6.91. The summed E-state index contributed by atoms with van der Waals surface area (Å²) >= 11 is 5.85. The highest BCUT2D eigenvalue weighted by Gasteiger charge is 2.25. The summed E-state index contributed by atoms with van der Waals surface area (Å²) in [4.78, 5) is 40.5. The molecule has 5 nitrogen and oxygen atoms in total. The predicted octanol–water partition coefficient (Wildman–Crippen LogP) is 3.29. The van der Waals surface area contributed by atoms with Gasteiger partial charge in [0.1, 0.15) is 0 Å². The van der Waals surface area contributed by atoms with Crippen LogP contribution in [0, 0.1) is 0 Å². The van der Waals surface area contributed by atoms with Gasteiger partial charge < -0.3 is 9.80 Å². The lowest BCUT2D eigenvalue weighted by Gasteiger charge is -2.35. The van der Waals surface area contributed by atoms with Gasteiger partial charge in [-0.15, -0.1) is 0 Å². The fourth-order valence-electron chi connectivity index (χ4n) is 3.08. The first-order valence-electron chi connectivity index (χ1n) is 8.95. The smallest absolute Gasteiger partial charge is 0.253 e. The minimum atomic E-state index is -0.0574. The van der Waals surface area contributed by atoms with Gasteiger partial charge in [0, 0.05) is 55.2 Å². The number of piperazine rings is 1. The Morgan fingerprint density at radius 2 is 1.33 bits per heavy atom. The summed E-state index contributed by atoms with van der Waals surface area (Å²) in [5.41, 5.74) is 1.22. The molecule has 27 heavy (non-hydrogen) atoms. The zero-order valence-corrected chi connectivity index (χ0v) is 15.7. The molecule has 3 rings (SSSR count). The van der Waals surface area contributed by atoms with E-state index in [1.165, 1.54) is 0 Å². The van der Waals surface area contributed by atoms with Crippen molar-refractivity contribution >= 4 is 29.2 Å². The fraction of sp³-hybridized carbons (Fsp3) is 0.286. The monoisotopic (exact) mass is 384 g/mol. The largest absolute Gasteiger partial charge is 0.339 e. The summed E-state index contributed by atoms with van der Waals surface area (Å²) in [6, 6.07) is 15.8. The molecule has 140 valence electrons. The summed E-state index contributed by atoms with van der Waals surface area (Å²) in [5, 5.41) is 0.590. The van der Waals surface area contributed by atoms with Crippen molar-refractivity contribution in [3.63, 3.8) is 0 Å². The van der Waals surface area contributed by atoms with Gasteiger partial charge in [0.25, 0.3) is 5.91 Å². The van der Waals surface area contributed by atoms with Crippen LogP contribution in [0.4, 0.5) is 0 Å². The van der Waals surface area contributed by atoms with Crippen LogP contribution in [0.1, 0.15) is 33.6 Å². The molecule has 0 radical (unpaired) electrons. The van der Waals surface area contributed by atoms with Gasteiger partial charge in [-0.25, -0.2) is 0 Å². The van der Waals surface area contributed by atoms with Crippen LogP contribution in [0.25, 0.3) is 0 Å². The minimum Gasteiger partial charge on any atom is -0.339 e. The van der Waals surface area contributed by atoms with Crippen LogP contribution in [-0.4, -0.2) is 53.6 Å². The molecule has 1 aliphatic rings. The third kappa shape index (κ3) is 4.95. The van der Waals surface area contributed by atoms with Crippen LogP contribution in [0.5, 0.6) is 0 Å². The number of hydrogen-bond acceptors (Lipinski definition) is 3. The lowest BCUT2D eigenvalue weighted by atomic mass is 10.1. The number of Topliss-reactive ketones (excluding diaryl/α,β-unsaturated/α-hetero) is 1. The van der Waals surface area contributed by atoms with Crippen LogP contribution >= 0.6 is 11.6 Å². The van der Waals surface area contributed by atoms with Gasteiger partial charge >= 0.3 is 0 Å². The average molecular weight is 385 g/mol. The number of nitrogens with zero attached hydrogens (tertiary/aromatic N) is 2. The molecular formula is C21H21ClN2O3. The van der Waals surface area contributed by atoms with Crippen LogP contribution in [0.3, 0.4) is 0 Å². The van der Waals surface area contributed by atoms with E-state index in [1.807, 2.05) is 18.2 Å². The van der Waals surface area contributed by atoms with Crippen LogP contribution in [0.15, 0.2) is 54.6 Å². The van der Waals surface area contributed by atoms with Gasteiger partial charge in [0.05, 0.1) is 0 Å². The molecule has 0 bridgehead atoms. The summed E-state index contributed by atoms with van der Waals surface area (Å²) in [6.45, 7) is 1.94. The molecule has 6 heteroatoms. The summed E-state index contributed by atoms with van der Waals surface area (Å²) in [6.07, 6.45) is 0.394. The third-order valence-corrected chi connectivity index (χ3v) is 4.92. The van der Waals surface area contributed by atoms with Crippen LogP contribution in [0.2, 0.25) is 5.02 Å². The van der Waals surface area contributed by atoms with E-state index in [2.05, 4.69) is 0 Å². The highest BCUT2D eigenvalue weighted by molar-refractivity contribution is 6.30. The predicted molar refractivity (Wildman–Crippen MR) is 104 cm³/mol. The number of rotatable bonds is 5. The van der Waals surface area contributed by atoms with E-state index in [0.29, 0.717) is 42.3 Å². The first kappa shape index (κ1) is 19.1. The minimum absolute atomic E-state index is 0.0273. The second kappa shape index (κ2) is 8.82. The van der Waals surface area contributed by atoms with Crippen molar-refractivity contribution in [1.82, 2.24) is 9.80 Å². The first-order valence-corrected chi connectivity index (χ1v) is 9.33. The molecule has 0 aliphatic carbocycles. The number of carbonyl (C=O) groups is 3. The zero-order valence-electron chi connectivity index (χ0n) is 14.9. The molecule has 1 heterocycles. The number of halogens is 1. The van der Waals surface area contributed by atoms with Crippen LogP contribution < -0.4 is 0 Å². The molecule has 2 aromatic rings. The summed E-state index contributed by atoms with van der Waals surface area (Å²) < 4.78 is 0. The van der Waals surface area contributed by atoms with E-state index < -0.39 is 0 Å². The van der Waals surface area contributed by atoms with Crippen molar-refractivity contribution in [3.8, 4) is 0 Å². The fourth-order valence-corrected chi connectivity index (χ4v) is 3.21. The van der Waals surface area contributed by atoms with E-state index >= 15 is 0 Å². The molecule has 0 saturated carbocycles. The van der Waals surface area contributed by atoms with Crippen molar-refractivity contribution < 1.29 is 14.4 Å². The van der Waals surface area contributed by atoms with Crippen molar-refractivity contribution in [1.29, 1.82) is 0 Å². The van der Waals surface area contributed by atoms with Crippen molar-refractivity contribution in [2.24, 2.45) is 0 Å². The van der Waals surface area contributed by atoms with Gasteiger partial charge in [0.2, 0.25) is 5.91 Å². The van der Waals surface area contributed by atoms with E-state index in [1.54, 1.807) is 46.2 Å². The highest BCUT2D eigenvalue weighted by atomic mass is 35.5. The molecule has 1 aliphatic heterocycles. The first-order chi connectivity index (χ1) is 13.0. The lowest BCUT2D eigenvalue weighted by Crippen LogP contribution is -2.50. The Labute approximate surface area is 163 Å². The van der Waals surface area contributed by atoms with Gasteiger partial charge in [-0.05, 0) is 24.3 Å². The van der Waals surface area contributed by atoms with Gasteiger partial charge in [0.15, 0.2) is 5.78 Å². The van der Waals surface area contributed by atoms with Crippen molar-refractivity contribution in [2.75, 3.05) is 26.2 Å². The molecule has 0 spiro atoms. The normalized spacial score (nSPS) is 14.1. The molecule has 2 amide bonds. The maximum atomic E-state index is 12.5. The average Bonchev–Trinajstić information content (AvgIpc) is 2.72. The lowest BCUT2D eigenvalue weighted by molar-refractivity contribution is -0.132. The molecule has 1 saturated heterocycles. The van der Waals surface area contributed by atoms with Gasteiger partial charge in [-0.1, -0.05) is 41.9 Å². The maximum absolute atomic E-state index is 12.5. The van der Waals surface area contributed by atoms with E-state index in [4.69, 9.17) is 11.6 Å². The Bertz CT molecular complexity index is 813. The Morgan fingerprint density at radius 3 is 1.96 bits per heavy atom. The van der Waals surface area contributed by atoms with E-state index in [0.717, 1.165) is 0 Å². The molecule has 0 aromatic heterocycles. The van der Waals surface area contributed by atoms with Crippen molar-refractivity contribution in [3.05, 3.63) is 70.7 Å². The number of hydrogen-bond donors (Lipinski definition) is 0. The summed E-state index contributed by atoms with van der Waals surface area (Å²) in [7, 11) is 0. The molecule has 2 aromatic carbocycles. The molecule has 0 unspecified atom stereocenters. The molecule has 0 atom stereocenters. The topological polar surface area (TPSA) is 57.7 Å². The van der Waals surface area contributed by atoms with Crippen molar-refractivity contribution in [2.45, 2.75) is 12.8 Å². The quantitative estimate of drug-likeness (QED) is 0.743. The van der Waals surface area contributed by atoms with E-state index in [9.17, 15) is 14.4 Å². The standard InChI is InChI=1S/C21H21ClN2O3/c22-18-8-6-17(7-9-18)21(27)24-14-12-23(13-15-24)20(26)11-10-19(25)16-4-2-1-3-5-16/h1-9H,10-15H2. The Kier molecular flexibility index (Phi) is 6.24. The number of carbonyl (C=O) groups excluding carboxylic acids is 3. The van der Waals surface area contributed by atoms with Gasteiger partial charge in [-0.3, -0.25) is 14.4 Å². The summed E-state index contributed by atoms with van der Waals surface area (Å²) in [5.74, 6) is -0.128. The van der Waals surface area contributed by atoms with E-state index in [-0.39, 0.29) is 30.4 Å². The SMILES string of the molecule is O=C(CCC(=O)N1CCN(C(=O)c2ccc(Cl)cc2)CC1)c1ccccc1. The number of amides is 2. The highest BCUT2D eigenvalue weighted by Crippen LogP contribution is 2.14. The Morgan fingerprint density at radius 1 is 0.741 bits per heavy atom.